The third-order valence-corrected chi connectivity index (χ3v) is 3.05. The van der Waals surface area contributed by atoms with Gasteiger partial charge in [-0.05, 0) is 41.4 Å². The molecule has 1 aromatic rings. The van der Waals surface area contributed by atoms with E-state index in [0.717, 1.165) is 12.1 Å². The van der Waals surface area contributed by atoms with Gasteiger partial charge in [0.15, 0.2) is 0 Å². The van der Waals surface area contributed by atoms with Gasteiger partial charge in [-0.1, -0.05) is 5.57 Å². The highest BCUT2D eigenvalue weighted by Gasteiger charge is 2.36. The maximum atomic E-state index is 12.9. The molecule has 0 aliphatic heterocycles. The Morgan fingerprint density at radius 1 is 1.47 bits per heavy atom. The normalized spacial score (nSPS) is 12.7. The average Bonchev–Trinajstić information content (AvgIpc) is 2.18. The van der Waals surface area contributed by atoms with Gasteiger partial charge < -0.3 is 10.8 Å². The molecule has 108 valence electrons. The number of phenolic OH excluding ortho intramolecular Hbond substituents is 1. The van der Waals surface area contributed by atoms with Crippen molar-refractivity contribution in [2.75, 3.05) is 0 Å². The number of nitrogens with two attached hydrogens (primary N) is 1. The van der Waals surface area contributed by atoms with E-state index in [0.29, 0.717) is 5.57 Å². The van der Waals surface area contributed by atoms with Crippen LogP contribution in [-0.2, 0) is 6.18 Å². The SMILES string of the molecule is C=C(C)C[C@@H](N)c1c(C(F)(F)F)ccc(Br)c1O.Cl. The summed E-state index contributed by atoms with van der Waals surface area (Å²) in [6.45, 7) is 5.28. The number of phenols is 1. The summed E-state index contributed by atoms with van der Waals surface area (Å²) in [5.41, 5.74) is 5.14. The highest BCUT2D eigenvalue weighted by atomic mass is 79.9. The number of hydrogen-bond acceptors (Lipinski definition) is 2. The van der Waals surface area contributed by atoms with Gasteiger partial charge in [0.05, 0.1) is 10.0 Å². The van der Waals surface area contributed by atoms with Gasteiger partial charge in [0.2, 0.25) is 0 Å². The molecule has 0 saturated heterocycles. The molecule has 7 heteroatoms. The molecule has 0 amide bonds. The monoisotopic (exact) mass is 359 g/mol. The number of alkyl halides is 3. The molecule has 0 aliphatic carbocycles. The quantitative estimate of drug-likeness (QED) is 0.776. The lowest BCUT2D eigenvalue weighted by atomic mass is 9.95. The highest BCUT2D eigenvalue weighted by Crippen LogP contribution is 2.42. The third-order valence-electron chi connectivity index (χ3n) is 2.41. The van der Waals surface area contributed by atoms with Crippen molar-refractivity contribution in [3.05, 3.63) is 39.9 Å². The van der Waals surface area contributed by atoms with Crippen molar-refractivity contribution in [2.45, 2.75) is 25.6 Å². The van der Waals surface area contributed by atoms with Gasteiger partial charge in [-0.3, -0.25) is 0 Å². The van der Waals surface area contributed by atoms with Crippen LogP contribution in [0.1, 0.15) is 30.5 Å². The molecule has 0 radical (unpaired) electrons. The smallest absolute Gasteiger partial charge is 0.416 e. The minimum absolute atomic E-state index is 0. The number of benzene rings is 1. The summed E-state index contributed by atoms with van der Waals surface area (Å²) in [4.78, 5) is 0. The van der Waals surface area contributed by atoms with Crippen molar-refractivity contribution in [2.24, 2.45) is 5.73 Å². The molecule has 0 spiro atoms. The van der Waals surface area contributed by atoms with Crippen LogP contribution in [0, 0.1) is 0 Å². The van der Waals surface area contributed by atoms with Crippen LogP contribution in [0.25, 0.3) is 0 Å². The Kier molecular flexibility index (Phi) is 6.38. The molecular formula is C12H14BrClF3NO. The summed E-state index contributed by atoms with van der Waals surface area (Å²) in [7, 11) is 0. The maximum absolute atomic E-state index is 12.9. The third kappa shape index (κ3) is 4.40. The van der Waals surface area contributed by atoms with Gasteiger partial charge in [-0.15, -0.1) is 19.0 Å². The first-order chi connectivity index (χ1) is 8.14. The Morgan fingerprint density at radius 2 is 2.00 bits per heavy atom. The minimum atomic E-state index is -4.56. The molecule has 1 rings (SSSR count). The van der Waals surface area contributed by atoms with Crippen molar-refractivity contribution >= 4 is 28.3 Å². The predicted octanol–water partition coefficient (Wildman–Crippen LogP) is 4.56. The fourth-order valence-electron chi connectivity index (χ4n) is 1.68. The van der Waals surface area contributed by atoms with Crippen LogP contribution in [0.5, 0.6) is 5.75 Å². The minimum Gasteiger partial charge on any atom is -0.506 e. The first-order valence-electron chi connectivity index (χ1n) is 5.13. The van der Waals surface area contributed by atoms with Crippen LogP contribution in [0.3, 0.4) is 0 Å². The topological polar surface area (TPSA) is 46.2 Å². The zero-order valence-electron chi connectivity index (χ0n) is 10.1. The van der Waals surface area contributed by atoms with Crippen molar-refractivity contribution in [3.8, 4) is 5.75 Å². The lowest BCUT2D eigenvalue weighted by molar-refractivity contribution is -0.138. The van der Waals surface area contributed by atoms with Crippen molar-refractivity contribution in [3.63, 3.8) is 0 Å². The molecule has 0 saturated carbocycles. The highest BCUT2D eigenvalue weighted by molar-refractivity contribution is 9.10. The summed E-state index contributed by atoms with van der Waals surface area (Å²) in [5.74, 6) is -0.474. The summed E-state index contributed by atoms with van der Waals surface area (Å²) in [5, 5.41) is 9.77. The Balaban J connectivity index is 0.00000324. The zero-order valence-corrected chi connectivity index (χ0v) is 12.5. The summed E-state index contributed by atoms with van der Waals surface area (Å²) >= 11 is 2.99. The van der Waals surface area contributed by atoms with Gasteiger partial charge in [0.1, 0.15) is 5.75 Å². The number of hydrogen-bond donors (Lipinski definition) is 2. The predicted molar refractivity (Wildman–Crippen MR) is 74.4 cm³/mol. The Labute approximate surface area is 124 Å². The fourth-order valence-corrected chi connectivity index (χ4v) is 2.03. The Bertz CT molecular complexity index is 477. The van der Waals surface area contributed by atoms with Crippen molar-refractivity contribution < 1.29 is 18.3 Å². The van der Waals surface area contributed by atoms with E-state index in [2.05, 4.69) is 22.5 Å². The molecule has 1 aromatic carbocycles. The molecule has 0 bridgehead atoms. The van der Waals surface area contributed by atoms with Crippen molar-refractivity contribution in [1.29, 1.82) is 0 Å². The van der Waals surface area contributed by atoms with Crippen LogP contribution in [-0.4, -0.2) is 5.11 Å². The second kappa shape index (κ2) is 6.63. The second-order valence-electron chi connectivity index (χ2n) is 4.12. The van der Waals surface area contributed by atoms with Crippen molar-refractivity contribution in [1.82, 2.24) is 0 Å². The van der Waals surface area contributed by atoms with E-state index in [1.54, 1.807) is 6.92 Å². The lowest BCUT2D eigenvalue weighted by Gasteiger charge is -2.20. The van der Waals surface area contributed by atoms with Gasteiger partial charge in [-0.2, -0.15) is 13.2 Å². The van der Waals surface area contributed by atoms with E-state index < -0.39 is 23.5 Å². The Morgan fingerprint density at radius 3 is 2.42 bits per heavy atom. The van der Waals surface area contributed by atoms with Gasteiger partial charge in [-0.25, -0.2) is 0 Å². The molecule has 0 unspecified atom stereocenters. The van der Waals surface area contributed by atoms with Crippen LogP contribution in [0.2, 0.25) is 0 Å². The average molecular weight is 361 g/mol. The maximum Gasteiger partial charge on any atom is 0.416 e. The number of aromatic hydroxyl groups is 1. The van der Waals surface area contributed by atoms with E-state index in [9.17, 15) is 18.3 Å². The molecule has 3 N–H and O–H groups in total. The number of rotatable bonds is 3. The molecule has 0 aliphatic rings. The molecule has 0 fully saturated rings. The van der Waals surface area contributed by atoms with Gasteiger partial charge >= 0.3 is 6.18 Å². The molecular weight excluding hydrogens is 346 g/mol. The summed E-state index contributed by atoms with van der Waals surface area (Å²) < 4.78 is 38.7. The number of halogens is 5. The van der Waals surface area contributed by atoms with E-state index in [-0.39, 0.29) is 28.9 Å². The van der Waals surface area contributed by atoms with Crippen LogP contribution in [0.15, 0.2) is 28.8 Å². The zero-order chi connectivity index (χ0) is 14.1. The molecule has 19 heavy (non-hydrogen) atoms. The van der Waals surface area contributed by atoms with E-state index in [1.807, 2.05) is 0 Å². The largest absolute Gasteiger partial charge is 0.506 e. The van der Waals surface area contributed by atoms with E-state index in [4.69, 9.17) is 5.73 Å². The van der Waals surface area contributed by atoms with Gasteiger partial charge in [0.25, 0.3) is 0 Å². The summed E-state index contributed by atoms with van der Waals surface area (Å²) in [6.07, 6.45) is -4.38. The fraction of sp³-hybridized carbons (Fsp3) is 0.333. The molecule has 0 heterocycles. The first kappa shape index (κ1) is 18.3. The molecule has 2 nitrogen and oxygen atoms in total. The van der Waals surface area contributed by atoms with E-state index in [1.165, 1.54) is 0 Å². The molecule has 0 aromatic heterocycles. The first-order valence-corrected chi connectivity index (χ1v) is 5.92. The second-order valence-corrected chi connectivity index (χ2v) is 4.98. The summed E-state index contributed by atoms with van der Waals surface area (Å²) in [6, 6.07) is 1.10. The standard InChI is InChI=1S/C12H13BrF3NO.ClH/c1-6(2)5-9(17)10-7(12(14,15)16)3-4-8(13)11(10)18;/h3-4,9,18H,1,5,17H2,2H3;1H/t9-;/m1./s1. The van der Waals surface area contributed by atoms with Crippen LogP contribution < -0.4 is 5.73 Å². The van der Waals surface area contributed by atoms with Gasteiger partial charge in [0, 0.05) is 11.6 Å². The van der Waals surface area contributed by atoms with Crippen LogP contribution in [0.4, 0.5) is 13.2 Å². The molecule has 1 atom stereocenters. The van der Waals surface area contributed by atoms with Crippen LogP contribution >= 0.6 is 28.3 Å². The van der Waals surface area contributed by atoms with E-state index >= 15 is 0 Å². The Hall–Kier alpha value is -0.720. The lowest BCUT2D eigenvalue weighted by Crippen LogP contribution is -2.18.